The maximum atomic E-state index is 14.1. The lowest BCUT2D eigenvalue weighted by Crippen LogP contribution is -2.60. The maximum absolute atomic E-state index is 14.1. The number of fused-ring (bicyclic) bond motifs is 5. The smallest absolute Gasteiger partial charge is 0.409 e. The average molecular weight is 915 g/mol. The van der Waals surface area contributed by atoms with E-state index < -0.39 is 65.4 Å². The van der Waals surface area contributed by atoms with Gasteiger partial charge in [-0.05, 0) is 88.2 Å². The number of halogens is 1. The number of epoxide rings is 1. The van der Waals surface area contributed by atoms with E-state index in [1.807, 2.05) is 65.0 Å². The molecule has 4 fully saturated rings. The summed E-state index contributed by atoms with van der Waals surface area (Å²) in [5.41, 5.74) is 0.501. The number of amides is 4. The summed E-state index contributed by atoms with van der Waals surface area (Å²) in [7, 11) is 1.63. The number of nitrogens with zero attached hydrogens (tertiary/aromatic N) is 2. The molecule has 4 aliphatic heterocycles. The number of anilines is 1. The van der Waals surface area contributed by atoms with Crippen molar-refractivity contribution in [3.63, 3.8) is 0 Å². The minimum Gasteiger partial charge on any atom is -0.457 e. The average Bonchev–Trinajstić information content (AvgIpc) is 3.87. The van der Waals surface area contributed by atoms with Gasteiger partial charge in [-0.15, -0.1) is 11.8 Å². The van der Waals surface area contributed by atoms with E-state index in [4.69, 9.17) is 30.5 Å². The summed E-state index contributed by atoms with van der Waals surface area (Å²) in [6.07, 6.45) is 7.34. The Kier molecular flexibility index (Phi) is 15.9. The van der Waals surface area contributed by atoms with E-state index in [1.54, 1.807) is 14.0 Å². The number of likely N-dealkylation sites (tertiary alicyclic amines) is 1. The van der Waals surface area contributed by atoms with Crippen LogP contribution in [0.4, 0.5) is 10.5 Å². The Morgan fingerprint density at radius 3 is 2.51 bits per heavy atom. The summed E-state index contributed by atoms with van der Waals surface area (Å²) in [5.74, 6) is -1.20. The number of aryl methyl sites for hydroxylation is 1. The van der Waals surface area contributed by atoms with E-state index in [-0.39, 0.29) is 55.4 Å². The fourth-order valence-corrected chi connectivity index (χ4v) is 10.8. The summed E-state index contributed by atoms with van der Waals surface area (Å²) >= 11 is 8.20. The third-order valence-electron chi connectivity index (χ3n) is 13.6. The highest BCUT2D eigenvalue weighted by atomic mass is 35.5. The number of nitrogens with one attached hydrogen (secondary N) is 1. The molecule has 4 amide bonds. The molecule has 4 heterocycles. The summed E-state index contributed by atoms with van der Waals surface area (Å²) < 4.78 is 23.7. The highest BCUT2D eigenvalue weighted by Crippen LogP contribution is 2.49. The van der Waals surface area contributed by atoms with E-state index in [0.29, 0.717) is 48.1 Å². The zero-order chi connectivity index (χ0) is 45.8. The molecule has 1 aromatic carbocycles. The fraction of sp³-hybridized carbons (Fsp3) is 0.660. The van der Waals surface area contributed by atoms with Gasteiger partial charge in [0.25, 0.3) is 0 Å². The lowest BCUT2D eigenvalue weighted by atomic mass is 9.79. The quantitative estimate of drug-likeness (QED) is 0.0989. The number of thioether (sulfide) groups is 1. The molecule has 1 aliphatic carbocycles. The van der Waals surface area contributed by atoms with Gasteiger partial charge in [-0.2, -0.15) is 0 Å². The number of hydrogen-bond acceptors (Lipinski definition) is 12. The van der Waals surface area contributed by atoms with E-state index in [9.17, 15) is 33.9 Å². The molecule has 2 unspecified atom stereocenters. The van der Waals surface area contributed by atoms with Crippen LogP contribution in [-0.4, -0.2) is 113 Å². The molecule has 5 aliphatic rings. The maximum Gasteiger partial charge on any atom is 0.409 e. The zero-order valence-corrected chi connectivity index (χ0v) is 39.2. The van der Waals surface area contributed by atoms with Crippen LogP contribution in [0.25, 0.3) is 0 Å². The van der Waals surface area contributed by atoms with Crippen LogP contribution in [0.3, 0.4) is 0 Å². The number of Topliss-reactive ketones (excluding diaryl/α,β-unsaturated/α-hetero) is 1. The molecule has 0 radical (unpaired) electrons. The number of carbonyl (C=O) groups excluding carboxylic acids is 6. The number of ketones is 1. The molecule has 3 saturated heterocycles. The Hall–Kier alpha value is -3.76. The number of ether oxygens (including phenoxy) is 4. The highest BCUT2D eigenvalue weighted by molar-refractivity contribution is 8.00. The monoisotopic (exact) mass is 913 g/mol. The van der Waals surface area contributed by atoms with Gasteiger partial charge < -0.3 is 29.0 Å². The van der Waals surface area contributed by atoms with Gasteiger partial charge in [0, 0.05) is 57.2 Å². The normalized spacial score (nSPS) is 34.1. The topological polar surface area (TPSA) is 181 Å². The lowest BCUT2D eigenvalue weighted by Gasteiger charge is -2.41. The van der Waals surface area contributed by atoms with Gasteiger partial charge in [-0.3, -0.25) is 29.4 Å². The van der Waals surface area contributed by atoms with Crippen molar-refractivity contribution in [2.75, 3.05) is 37.5 Å². The number of alkyl carbamates (subject to hydrolysis) is 1. The Morgan fingerprint density at radius 2 is 1.79 bits per heavy atom. The predicted molar refractivity (Wildman–Crippen MR) is 239 cm³/mol. The van der Waals surface area contributed by atoms with Crippen molar-refractivity contribution in [3.8, 4) is 0 Å². The first kappa shape index (κ1) is 48.7. The number of allylic oxidation sites excluding steroid dienone is 3. The van der Waals surface area contributed by atoms with Gasteiger partial charge in [0.2, 0.25) is 17.7 Å². The molecule has 14 nitrogen and oxygen atoms in total. The number of imide groups is 1. The van der Waals surface area contributed by atoms with Crippen molar-refractivity contribution in [1.82, 2.24) is 10.2 Å². The minimum atomic E-state index is -1.61. The fourth-order valence-electron chi connectivity index (χ4n) is 9.47. The van der Waals surface area contributed by atoms with Crippen molar-refractivity contribution in [2.45, 2.75) is 141 Å². The number of hydrogen-bond donors (Lipinski definition) is 2. The van der Waals surface area contributed by atoms with Crippen molar-refractivity contribution in [1.29, 1.82) is 0 Å². The standard InChI is InChI=1S/C47H64ClN3O11S/c1-8-35(52)33-15-13-31(14-16-33)25-51-40(54)22-37(44(51)56)63-18-10-17-59-26-41(55)61-38-23-39(53)50(7)34-21-32(20-28(3)42(34)48)19-27(2)11-9-12-29(4)47(58)24-36(60-45(57)49-47)30(5)43-46(38,6)62-43/h9,11-12,20-21,29-31,33,36-38,43,58H,8,10,13-19,22-26H2,1-7H3,(H,49,57)/b12-9+,27-11+/t29-,30-,31?,33?,36?,37?,38+,43+,46+,47+/m1/s1. The Labute approximate surface area is 380 Å². The number of benzene rings is 1. The molecule has 6 rings (SSSR count). The summed E-state index contributed by atoms with van der Waals surface area (Å²) in [6, 6.07) is 3.85. The Bertz CT molecular complexity index is 1990. The van der Waals surface area contributed by atoms with Crippen LogP contribution in [0.1, 0.15) is 104 Å². The summed E-state index contributed by atoms with van der Waals surface area (Å²) in [4.78, 5) is 81.3. The SMILES string of the molecule is CCC(=O)C1CCC(CN2C(=O)CC(SCCCOCC(=O)O[C@H]3CC(=O)N(C)c4cc(cc(C)c4Cl)C/C(C)=C/C=C/[C@@H](C)[C@@]4(O)CC(OC(=O)N4)[C@@H](C)[C@@H]4O[C@@]34C)C2=O)CC1. The number of carbonyl (C=O) groups is 6. The van der Waals surface area contributed by atoms with E-state index in [1.165, 1.54) is 21.6 Å². The zero-order valence-electron chi connectivity index (χ0n) is 37.6. The lowest BCUT2D eigenvalue weighted by molar-refractivity contribution is -0.159. The van der Waals surface area contributed by atoms with Crippen molar-refractivity contribution in [2.24, 2.45) is 23.7 Å². The van der Waals surface area contributed by atoms with Gasteiger partial charge in [0.1, 0.15) is 35.9 Å². The number of rotatable bonds is 12. The van der Waals surface area contributed by atoms with Crippen molar-refractivity contribution in [3.05, 3.63) is 52.1 Å². The second-order valence-electron chi connectivity index (χ2n) is 18.4. The number of esters is 1. The first-order valence-corrected chi connectivity index (χ1v) is 23.8. The molecule has 16 heteroatoms. The van der Waals surface area contributed by atoms with Crippen LogP contribution in [0.5, 0.6) is 0 Å². The van der Waals surface area contributed by atoms with Crippen LogP contribution in [0, 0.1) is 30.6 Å². The molecule has 0 spiro atoms. The van der Waals surface area contributed by atoms with Gasteiger partial charge >= 0.3 is 12.1 Å². The molecule has 0 aromatic heterocycles. The highest BCUT2D eigenvalue weighted by Gasteiger charge is 2.64. The van der Waals surface area contributed by atoms with Crippen LogP contribution in [0.2, 0.25) is 5.02 Å². The predicted octanol–water partition coefficient (Wildman–Crippen LogP) is 6.64. The molecule has 1 saturated carbocycles. The second-order valence-corrected chi connectivity index (χ2v) is 20.1. The largest absolute Gasteiger partial charge is 0.457 e. The van der Waals surface area contributed by atoms with Gasteiger partial charge in [0.05, 0.1) is 28.5 Å². The second kappa shape index (κ2) is 20.6. The first-order chi connectivity index (χ1) is 29.8. The van der Waals surface area contributed by atoms with Crippen LogP contribution in [0.15, 0.2) is 35.9 Å². The number of aliphatic hydroxyl groups is 1. The van der Waals surface area contributed by atoms with Gasteiger partial charge in [0.15, 0.2) is 0 Å². The third kappa shape index (κ3) is 11.6. The Morgan fingerprint density at radius 1 is 1.06 bits per heavy atom. The van der Waals surface area contributed by atoms with Gasteiger partial charge in [-0.1, -0.05) is 62.2 Å². The van der Waals surface area contributed by atoms with Gasteiger partial charge in [-0.25, -0.2) is 9.59 Å². The molecule has 1 aromatic rings. The van der Waals surface area contributed by atoms with E-state index in [0.717, 1.165) is 42.4 Å². The minimum absolute atomic E-state index is 0.0689. The molecule has 346 valence electrons. The molecule has 8 atom stereocenters. The molecular weight excluding hydrogens is 850 g/mol. The van der Waals surface area contributed by atoms with E-state index >= 15 is 0 Å². The Balaban J connectivity index is 1.07. The van der Waals surface area contributed by atoms with Crippen molar-refractivity contribution >= 4 is 64.6 Å². The molecule has 63 heavy (non-hydrogen) atoms. The van der Waals surface area contributed by atoms with Crippen LogP contribution >= 0.6 is 23.4 Å². The third-order valence-corrected chi connectivity index (χ3v) is 15.4. The molecular formula is C47H64ClN3O11S. The summed E-state index contributed by atoms with van der Waals surface area (Å²) in [6.45, 7) is 11.4. The summed E-state index contributed by atoms with van der Waals surface area (Å²) in [5, 5.41) is 14.3. The van der Waals surface area contributed by atoms with Crippen LogP contribution in [-0.2, 0) is 49.3 Å². The molecule has 4 bridgehead atoms. The van der Waals surface area contributed by atoms with E-state index in [2.05, 4.69) is 5.32 Å². The molecule has 2 N–H and O–H groups in total. The first-order valence-electron chi connectivity index (χ1n) is 22.4. The van der Waals surface area contributed by atoms with Crippen molar-refractivity contribution < 1.29 is 52.8 Å². The van der Waals surface area contributed by atoms with Crippen LogP contribution < -0.4 is 10.2 Å².